The molecule has 18 heteroatoms. The van der Waals surface area contributed by atoms with E-state index in [1.165, 1.54) is 17.2 Å². The van der Waals surface area contributed by atoms with Crippen LogP contribution in [-0.2, 0) is 9.47 Å². The van der Waals surface area contributed by atoms with Gasteiger partial charge in [0.25, 0.3) is 5.56 Å². The van der Waals surface area contributed by atoms with E-state index in [4.69, 9.17) is 39.5 Å². The minimum atomic E-state index is -1.48. The van der Waals surface area contributed by atoms with Crippen molar-refractivity contribution in [3.8, 4) is 24.7 Å². The number of nitrogens with zero attached hydrogens (tertiary/aromatic N) is 7. The van der Waals surface area contributed by atoms with E-state index in [1.807, 2.05) is 0 Å². The fraction of sp³-hybridized carbons (Fsp3) is 0.440. The zero-order chi connectivity index (χ0) is 30.4. The van der Waals surface area contributed by atoms with Crippen molar-refractivity contribution in [1.29, 1.82) is 0 Å². The van der Waals surface area contributed by atoms with Crippen LogP contribution in [0.15, 0.2) is 17.4 Å². The molecule has 4 aromatic rings. The number of H-pyrrole nitrogens is 1. The third kappa shape index (κ3) is 5.08. The highest BCUT2D eigenvalue weighted by molar-refractivity contribution is 5.82. The van der Waals surface area contributed by atoms with Crippen LogP contribution in [0.25, 0.3) is 22.3 Å². The van der Waals surface area contributed by atoms with Crippen molar-refractivity contribution < 1.29 is 29.9 Å². The Balaban J connectivity index is 0.000000192. The summed E-state index contributed by atoms with van der Waals surface area (Å²) in [6.07, 6.45) is 10.4. The molecule has 0 aliphatic carbocycles. The van der Waals surface area contributed by atoms with Gasteiger partial charge in [-0.2, -0.15) is 15.0 Å². The van der Waals surface area contributed by atoms with E-state index in [9.17, 15) is 25.2 Å². The Labute approximate surface area is 243 Å². The first-order valence-corrected chi connectivity index (χ1v) is 12.4. The van der Waals surface area contributed by atoms with Crippen LogP contribution in [-0.4, -0.2) is 96.1 Å². The van der Waals surface area contributed by atoms with Crippen LogP contribution in [0, 0.1) is 24.7 Å². The summed E-state index contributed by atoms with van der Waals surface area (Å²) in [5, 5.41) is 38.8. The molecule has 6 atom stereocenters. The van der Waals surface area contributed by atoms with Gasteiger partial charge in [-0.25, -0.2) is 9.97 Å². The molecule has 2 aliphatic rings. The Morgan fingerprint density at radius 1 is 0.907 bits per heavy atom. The van der Waals surface area contributed by atoms with Crippen molar-refractivity contribution in [1.82, 2.24) is 39.0 Å². The molecule has 18 nitrogen and oxygen atoms in total. The van der Waals surface area contributed by atoms with Crippen molar-refractivity contribution in [3.05, 3.63) is 23.0 Å². The number of aromatic nitrogens is 8. The van der Waals surface area contributed by atoms with Crippen LogP contribution in [0.2, 0.25) is 0 Å². The van der Waals surface area contributed by atoms with Gasteiger partial charge in [-0.05, 0) is 0 Å². The molecule has 2 aliphatic heterocycles. The molecular weight excluding hydrogens is 566 g/mol. The zero-order valence-corrected chi connectivity index (χ0v) is 21.8. The molecule has 0 radical (unpaired) electrons. The summed E-state index contributed by atoms with van der Waals surface area (Å²) in [6.45, 7) is -1.02. The number of fused-ring (bicyclic) bond motifs is 2. The number of anilines is 3. The quantitative estimate of drug-likeness (QED) is 0.114. The average Bonchev–Trinajstić information content (AvgIpc) is 3.72. The summed E-state index contributed by atoms with van der Waals surface area (Å²) >= 11 is 0. The Hall–Kier alpha value is -4.82. The number of nitrogen functional groups attached to an aromatic ring is 3. The van der Waals surface area contributed by atoms with Gasteiger partial charge in [0.1, 0.15) is 30.2 Å². The van der Waals surface area contributed by atoms with Crippen LogP contribution in [0.1, 0.15) is 32.7 Å². The molecule has 2 saturated heterocycles. The van der Waals surface area contributed by atoms with Gasteiger partial charge in [0, 0.05) is 12.8 Å². The first-order chi connectivity index (χ1) is 20.0. The van der Waals surface area contributed by atoms with Crippen LogP contribution in [0.4, 0.5) is 17.7 Å². The number of imidazole rings is 2. The summed E-state index contributed by atoms with van der Waals surface area (Å²) in [6, 6.07) is 0. The molecule has 11 N–H and O–H groups in total. The van der Waals surface area contributed by atoms with Gasteiger partial charge in [-0.3, -0.25) is 18.9 Å². The molecule has 2 unspecified atom stereocenters. The largest absolute Gasteiger partial charge is 0.392 e. The van der Waals surface area contributed by atoms with E-state index in [-0.39, 0.29) is 49.1 Å². The molecule has 0 bridgehead atoms. The second-order valence-electron chi connectivity index (χ2n) is 9.60. The van der Waals surface area contributed by atoms with E-state index in [0.717, 1.165) is 0 Å². The number of nitrogens with two attached hydrogens (primary N) is 3. The standard InChI is InChI=1S/C12H14N6O3.C12H13N5O4.CH4/c1-2-12(4-19)6(20)3-7(21-12)18-5-15-8-9(13)16-11(14)17-10(8)18;1-2-12(4-18)6(19)3-7(21-12)17-5-14-8-9(17)15-11(13)16-10(8)20;/h1,5-7,19-20H,3-4H2,(H4,13,14,16,17);1,5-7,18-19H,3-4H2,(H3,13,15,16,20);1H4/t2*6?,7-,12-;/m11./s1. The van der Waals surface area contributed by atoms with E-state index < -0.39 is 54.6 Å². The van der Waals surface area contributed by atoms with Gasteiger partial charge in [-0.15, -0.1) is 12.8 Å². The third-order valence-corrected chi connectivity index (χ3v) is 7.11. The van der Waals surface area contributed by atoms with Crippen molar-refractivity contribution in [2.24, 2.45) is 0 Å². The molecule has 0 spiro atoms. The lowest BCUT2D eigenvalue weighted by atomic mass is 9.99. The summed E-state index contributed by atoms with van der Waals surface area (Å²) in [7, 11) is 0. The van der Waals surface area contributed by atoms with Gasteiger partial charge in [-0.1, -0.05) is 19.3 Å². The fourth-order valence-electron chi connectivity index (χ4n) is 4.80. The number of hydrogen-bond donors (Lipinski definition) is 8. The summed E-state index contributed by atoms with van der Waals surface area (Å²) in [5.41, 5.74) is 14.5. The predicted molar refractivity (Wildman–Crippen MR) is 152 cm³/mol. The zero-order valence-electron chi connectivity index (χ0n) is 21.8. The van der Waals surface area contributed by atoms with Gasteiger partial charge in [0.2, 0.25) is 11.9 Å². The van der Waals surface area contributed by atoms with Gasteiger partial charge >= 0.3 is 0 Å². The Bertz CT molecular complexity index is 1790. The summed E-state index contributed by atoms with van der Waals surface area (Å²) < 4.78 is 14.2. The normalized spacial score (nSPS) is 28.1. The lowest BCUT2D eigenvalue weighted by Gasteiger charge is -2.23. The van der Waals surface area contributed by atoms with Crippen molar-refractivity contribution in [2.45, 2.75) is 56.1 Å². The molecule has 0 saturated carbocycles. The number of hydrogen-bond acceptors (Lipinski definition) is 15. The highest BCUT2D eigenvalue weighted by Crippen LogP contribution is 2.38. The highest BCUT2D eigenvalue weighted by atomic mass is 16.6. The van der Waals surface area contributed by atoms with Crippen LogP contribution < -0.4 is 22.8 Å². The lowest BCUT2D eigenvalue weighted by Crippen LogP contribution is -2.41. The number of aromatic amines is 1. The minimum absolute atomic E-state index is 0. The highest BCUT2D eigenvalue weighted by Gasteiger charge is 2.48. The van der Waals surface area contributed by atoms with E-state index in [0.29, 0.717) is 11.2 Å². The van der Waals surface area contributed by atoms with E-state index >= 15 is 0 Å². The molecule has 6 rings (SSSR count). The molecule has 228 valence electrons. The van der Waals surface area contributed by atoms with E-state index in [1.54, 1.807) is 4.57 Å². The van der Waals surface area contributed by atoms with Crippen molar-refractivity contribution in [2.75, 3.05) is 30.4 Å². The Kier molecular flexibility index (Phi) is 8.29. The average molecular weight is 598 g/mol. The summed E-state index contributed by atoms with van der Waals surface area (Å²) in [4.78, 5) is 34.0. The van der Waals surface area contributed by atoms with Crippen LogP contribution in [0.3, 0.4) is 0 Å². The number of terminal acetylenes is 2. The topological polar surface area (TPSA) is 285 Å². The molecule has 6 heterocycles. The number of rotatable bonds is 4. The number of aliphatic hydroxyl groups is 4. The second kappa shape index (κ2) is 11.5. The number of ether oxygens (including phenoxy) is 2. The van der Waals surface area contributed by atoms with Crippen molar-refractivity contribution >= 4 is 40.0 Å². The lowest BCUT2D eigenvalue weighted by molar-refractivity contribution is -0.0891. The second-order valence-corrected chi connectivity index (χ2v) is 9.60. The fourth-order valence-corrected chi connectivity index (χ4v) is 4.80. The number of aliphatic hydroxyl groups excluding tert-OH is 4. The molecule has 0 aromatic carbocycles. The maximum absolute atomic E-state index is 11.7. The molecule has 4 aromatic heterocycles. The van der Waals surface area contributed by atoms with Crippen molar-refractivity contribution in [3.63, 3.8) is 0 Å². The SMILES string of the molecule is C.C#C[C@]1(CO)O[C@@H](n2cnc3c(=O)[nH]c(N)nc32)CC1O.C#C[C@]1(CO)O[C@@H](n2cnc3c(N)nc(N)nc32)CC1O. The third-order valence-electron chi connectivity index (χ3n) is 7.11. The van der Waals surface area contributed by atoms with Gasteiger partial charge in [0.05, 0.1) is 25.9 Å². The van der Waals surface area contributed by atoms with Gasteiger partial charge in [0.15, 0.2) is 33.8 Å². The Morgan fingerprint density at radius 3 is 1.86 bits per heavy atom. The monoisotopic (exact) mass is 597 g/mol. The van der Waals surface area contributed by atoms with Crippen LogP contribution >= 0.6 is 0 Å². The maximum Gasteiger partial charge on any atom is 0.280 e. The molecule has 0 amide bonds. The first-order valence-electron chi connectivity index (χ1n) is 12.4. The number of nitrogens with one attached hydrogen (secondary N) is 1. The molecular formula is C25H31N11O7. The van der Waals surface area contributed by atoms with Gasteiger partial charge < -0.3 is 47.1 Å². The summed E-state index contributed by atoms with van der Waals surface area (Å²) in [5.74, 6) is 4.67. The van der Waals surface area contributed by atoms with Crippen LogP contribution in [0.5, 0.6) is 0 Å². The minimum Gasteiger partial charge on any atom is -0.392 e. The molecule has 43 heavy (non-hydrogen) atoms. The predicted octanol–water partition coefficient (Wildman–Crippen LogP) is -2.38. The van der Waals surface area contributed by atoms with E-state index in [2.05, 4.69) is 41.7 Å². The first kappa shape index (κ1) is 31.1. The Morgan fingerprint density at radius 2 is 1.40 bits per heavy atom. The molecule has 2 fully saturated rings. The maximum atomic E-state index is 11.7. The smallest absolute Gasteiger partial charge is 0.280 e.